The zero-order valence-electron chi connectivity index (χ0n) is 15.3. The Morgan fingerprint density at radius 2 is 2.04 bits per heavy atom. The molecule has 9 heteroatoms. The summed E-state index contributed by atoms with van der Waals surface area (Å²) >= 11 is 0. The number of hydrazone groups is 1. The topological polar surface area (TPSA) is 136 Å². The SMILES string of the molecule is CNC(CNC(=O)C(=N)/C=N\Nc1ccccc1C)(C(=O)NC=O)C1CC1. The number of hydrogen-bond donors (Lipinski definition) is 5. The van der Waals surface area contributed by atoms with Crippen LogP contribution < -0.4 is 21.4 Å². The van der Waals surface area contributed by atoms with Crippen LogP contribution in [0.2, 0.25) is 0 Å². The molecule has 1 unspecified atom stereocenters. The molecule has 0 heterocycles. The van der Waals surface area contributed by atoms with Crippen molar-refractivity contribution in [3.8, 4) is 0 Å². The second-order valence-electron chi connectivity index (χ2n) is 6.37. The van der Waals surface area contributed by atoms with Crippen LogP contribution in [0.4, 0.5) is 5.69 Å². The minimum absolute atomic E-state index is 0.0216. The molecule has 2 rings (SSSR count). The monoisotopic (exact) mass is 372 g/mol. The average Bonchev–Trinajstić information content (AvgIpc) is 3.49. The van der Waals surface area contributed by atoms with Crippen LogP contribution in [0.25, 0.3) is 0 Å². The highest BCUT2D eigenvalue weighted by atomic mass is 16.2. The Morgan fingerprint density at radius 1 is 1.33 bits per heavy atom. The molecule has 1 atom stereocenters. The Morgan fingerprint density at radius 3 is 2.63 bits per heavy atom. The third-order valence-electron chi connectivity index (χ3n) is 4.61. The van der Waals surface area contributed by atoms with Gasteiger partial charge in [0.05, 0.1) is 11.9 Å². The second-order valence-corrected chi connectivity index (χ2v) is 6.37. The summed E-state index contributed by atoms with van der Waals surface area (Å²) in [5.41, 5.74) is 3.10. The number of rotatable bonds is 10. The van der Waals surface area contributed by atoms with Gasteiger partial charge in [-0.3, -0.25) is 30.5 Å². The highest BCUT2D eigenvalue weighted by Gasteiger charge is 2.50. The van der Waals surface area contributed by atoms with Crippen molar-refractivity contribution in [3.05, 3.63) is 29.8 Å². The Balaban J connectivity index is 1.93. The number of anilines is 1. The van der Waals surface area contributed by atoms with Gasteiger partial charge in [0, 0.05) is 6.54 Å². The zero-order chi connectivity index (χ0) is 19.9. The molecule has 1 fully saturated rings. The van der Waals surface area contributed by atoms with Crippen molar-refractivity contribution in [2.45, 2.75) is 25.3 Å². The van der Waals surface area contributed by atoms with Crippen LogP contribution in [-0.2, 0) is 14.4 Å². The fourth-order valence-electron chi connectivity index (χ4n) is 2.81. The van der Waals surface area contributed by atoms with Gasteiger partial charge in [0.25, 0.3) is 5.91 Å². The summed E-state index contributed by atoms with van der Waals surface area (Å²) in [5, 5.41) is 19.4. The number of amides is 3. The molecule has 1 saturated carbocycles. The Kier molecular flexibility index (Phi) is 6.78. The van der Waals surface area contributed by atoms with Gasteiger partial charge in [-0.15, -0.1) is 0 Å². The number of hydrogen-bond acceptors (Lipinski definition) is 7. The van der Waals surface area contributed by atoms with E-state index >= 15 is 0 Å². The normalized spacial score (nSPS) is 15.6. The summed E-state index contributed by atoms with van der Waals surface area (Å²) in [4.78, 5) is 35.1. The van der Waals surface area contributed by atoms with Gasteiger partial charge in [0.15, 0.2) is 0 Å². The number of carbonyl (C=O) groups excluding carboxylic acids is 3. The first-order valence-corrected chi connectivity index (χ1v) is 8.59. The van der Waals surface area contributed by atoms with Crippen molar-refractivity contribution in [1.29, 1.82) is 5.41 Å². The largest absolute Gasteiger partial charge is 0.348 e. The van der Waals surface area contributed by atoms with Gasteiger partial charge in [-0.1, -0.05) is 18.2 Å². The van der Waals surface area contributed by atoms with Crippen LogP contribution in [0, 0.1) is 18.3 Å². The summed E-state index contributed by atoms with van der Waals surface area (Å²) in [6.07, 6.45) is 3.07. The van der Waals surface area contributed by atoms with Gasteiger partial charge in [-0.05, 0) is 44.4 Å². The average molecular weight is 372 g/mol. The summed E-state index contributed by atoms with van der Waals surface area (Å²) in [6.45, 7) is 1.88. The lowest BCUT2D eigenvalue weighted by Crippen LogP contribution is -2.63. The molecule has 0 spiro atoms. The van der Waals surface area contributed by atoms with E-state index < -0.39 is 17.4 Å². The summed E-state index contributed by atoms with van der Waals surface area (Å²) in [5.74, 6) is -1.14. The highest BCUT2D eigenvalue weighted by molar-refractivity contribution is 6.59. The predicted molar refractivity (Wildman–Crippen MR) is 103 cm³/mol. The van der Waals surface area contributed by atoms with Crippen LogP contribution >= 0.6 is 0 Å². The molecule has 1 aliphatic rings. The van der Waals surface area contributed by atoms with E-state index in [4.69, 9.17) is 5.41 Å². The quantitative estimate of drug-likeness (QED) is 0.227. The van der Waals surface area contributed by atoms with Gasteiger partial charge in [0.2, 0.25) is 12.3 Å². The first-order valence-electron chi connectivity index (χ1n) is 8.59. The maximum atomic E-state index is 12.3. The lowest BCUT2D eigenvalue weighted by atomic mass is 9.91. The summed E-state index contributed by atoms with van der Waals surface area (Å²) in [6, 6.07) is 7.49. The number of benzene rings is 1. The molecule has 0 radical (unpaired) electrons. The van der Waals surface area contributed by atoms with Crippen LogP contribution in [0.1, 0.15) is 18.4 Å². The number of nitrogens with zero attached hydrogens (tertiary/aromatic N) is 1. The van der Waals surface area contributed by atoms with E-state index in [1.807, 2.05) is 31.2 Å². The van der Waals surface area contributed by atoms with E-state index in [0.29, 0.717) is 6.41 Å². The molecule has 27 heavy (non-hydrogen) atoms. The third kappa shape index (κ3) is 4.98. The molecule has 1 aromatic carbocycles. The van der Waals surface area contributed by atoms with Crippen molar-refractivity contribution in [2.75, 3.05) is 19.0 Å². The van der Waals surface area contributed by atoms with E-state index in [-0.39, 0.29) is 18.2 Å². The molecule has 9 nitrogen and oxygen atoms in total. The van der Waals surface area contributed by atoms with Gasteiger partial charge in [-0.25, -0.2) is 0 Å². The molecular formula is C18H24N6O3. The lowest BCUT2D eigenvalue weighted by Gasteiger charge is -2.31. The van der Waals surface area contributed by atoms with Gasteiger partial charge in [-0.2, -0.15) is 5.10 Å². The molecule has 1 aliphatic carbocycles. The number of para-hydroxylation sites is 1. The number of carbonyl (C=O) groups is 3. The molecule has 0 aromatic heterocycles. The molecule has 0 saturated heterocycles. The summed E-state index contributed by atoms with van der Waals surface area (Å²) < 4.78 is 0. The highest BCUT2D eigenvalue weighted by Crippen LogP contribution is 2.39. The van der Waals surface area contributed by atoms with Crippen molar-refractivity contribution in [3.63, 3.8) is 0 Å². The number of nitrogens with one attached hydrogen (secondary N) is 5. The Bertz CT molecular complexity index is 759. The van der Waals surface area contributed by atoms with Crippen molar-refractivity contribution in [2.24, 2.45) is 11.0 Å². The number of aryl methyl sites for hydroxylation is 1. The molecule has 1 aromatic rings. The molecule has 0 bridgehead atoms. The third-order valence-corrected chi connectivity index (χ3v) is 4.61. The standard InChI is InChI=1S/C18H24N6O3/c1-12-5-3-4-6-15(12)24-23-9-14(19)16(26)21-10-18(20-2,13-7-8-13)17(27)22-11-25/h3-6,9,11,13,19-20,24H,7-8,10H2,1-2H3,(H,21,26)(H,22,25,27)/b19-14?,23-9-. The van der Waals surface area contributed by atoms with E-state index in [1.54, 1.807) is 7.05 Å². The van der Waals surface area contributed by atoms with Gasteiger partial charge < -0.3 is 10.6 Å². The second kappa shape index (κ2) is 9.04. The first kappa shape index (κ1) is 20.2. The Labute approximate surface area is 157 Å². The molecule has 3 amide bonds. The fraction of sp³-hybridized carbons (Fsp3) is 0.389. The van der Waals surface area contributed by atoms with E-state index in [9.17, 15) is 14.4 Å². The molecular weight excluding hydrogens is 348 g/mol. The molecule has 5 N–H and O–H groups in total. The number of imide groups is 1. The smallest absolute Gasteiger partial charge is 0.270 e. The van der Waals surface area contributed by atoms with Gasteiger partial charge in [0.1, 0.15) is 11.3 Å². The minimum Gasteiger partial charge on any atom is -0.348 e. The van der Waals surface area contributed by atoms with E-state index in [1.165, 1.54) is 0 Å². The summed E-state index contributed by atoms with van der Waals surface area (Å²) in [7, 11) is 1.60. The molecule has 0 aliphatic heterocycles. The van der Waals surface area contributed by atoms with Crippen LogP contribution in [-0.4, -0.2) is 49.3 Å². The Hall–Kier alpha value is -3.07. The van der Waals surface area contributed by atoms with Crippen LogP contribution in [0.15, 0.2) is 29.4 Å². The number of likely N-dealkylation sites (N-methyl/N-ethyl adjacent to an activating group) is 1. The van der Waals surface area contributed by atoms with Crippen LogP contribution in [0.3, 0.4) is 0 Å². The lowest BCUT2D eigenvalue weighted by molar-refractivity contribution is -0.131. The van der Waals surface area contributed by atoms with Crippen LogP contribution in [0.5, 0.6) is 0 Å². The molecule has 144 valence electrons. The van der Waals surface area contributed by atoms with Crippen molar-refractivity contribution >= 4 is 35.8 Å². The minimum atomic E-state index is -1.08. The maximum absolute atomic E-state index is 12.3. The predicted octanol–water partition coefficient (Wildman–Crippen LogP) is 0.169. The fourth-order valence-corrected chi connectivity index (χ4v) is 2.81. The van der Waals surface area contributed by atoms with Crippen molar-refractivity contribution in [1.82, 2.24) is 16.0 Å². The zero-order valence-corrected chi connectivity index (χ0v) is 15.3. The first-order chi connectivity index (χ1) is 12.9. The van der Waals surface area contributed by atoms with Crippen molar-refractivity contribution < 1.29 is 14.4 Å². The van der Waals surface area contributed by atoms with Gasteiger partial charge >= 0.3 is 0 Å². The van der Waals surface area contributed by atoms with E-state index in [0.717, 1.165) is 30.3 Å². The van der Waals surface area contributed by atoms with E-state index in [2.05, 4.69) is 26.5 Å². The maximum Gasteiger partial charge on any atom is 0.270 e.